The van der Waals surface area contributed by atoms with Crippen LogP contribution in [-0.4, -0.2) is 27.5 Å². The van der Waals surface area contributed by atoms with Gasteiger partial charge in [-0.2, -0.15) is 0 Å². The first-order valence-electron chi connectivity index (χ1n) is 7.51. The van der Waals surface area contributed by atoms with Gasteiger partial charge in [-0.25, -0.2) is 4.98 Å². The van der Waals surface area contributed by atoms with Crippen LogP contribution in [0.4, 0.5) is 5.13 Å². The highest BCUT2D eigenvalue weighted by Gasteiger charge is 2.27. The second-order valence-electron chi connectivity index (χ2n) is 5.67. The van der Waals surface area contributed by atoms with E-state index in [1.165, 1.54) is 31.1 Å². The molecule has 1 aliphatic heterocycles. The van der Waals surface area contributed by atoms with E-state index in [0.717, 1.165) is 36.7 Å². The Kier molecular flexibility index (Phi) is 4.54. The molecule has 3 heterocycles. The maximum absolute atomic E-state index is 11.1. The third kappa shape index (κ3) is 3.53. The Morgan fingerprint density at radius 3 is 3.14 bits per heavy atom. The first-order chi connectivity index (χ1) is 10.6. The molecule has 0 saturated carbocycles. The second-order valence-corrected chi connectivity index (χ2v) is 6.53. The molecule has 1 saturated heterocycles. The van der Waals surface area contributed by atoms with Gasteiger partial charge in [0.2, 0.25) is 5.91 Å². The number of nitrogens with zero attached hydrogens (tertiary/aromatic N) is 3. The summed E-state index contributed by atoms with van der Waals surface area (Å²) in [5, 5.41) is 9.56. The summed E-state index contributed by atoms with van der Waals surface area (Å²) >= 11 is 1.48. The van der Waals surface area contributed by atoms with Gasteiger partial charge in [0.1, 0.15) is 5.76 Å². The molecule has 3 rings (SSSR count). The fourth-order valence-corrected chi connectivity index (χ4v) is 3.67. The van der Waals surface area contributed by atoms with Crippen LogP contribution in [0.2, 0.25) is 0 Å². The molecule has 22 heavy (non-hydrogen) atoms. The number of amides is 1. The molecule has 2 aromatic rings. The number of thiazole rings is 1. The molecule has 2 aromatic heterocycles. The monoisotopic (exact) mass is 320 g/mol. The topological polar surface area (TPSA) is 71.3 Å². The molecule has 1 amide bonds. The number of anilines is 1. The van der Waals surface area contributed by atoms with Gasteiger partial charge in [0, 0.05) is 24.9 Å². The molecule has 1 aliphatic rings. The summed E-state index contributed by atoms with van der Waals surface area (Å²) in [4.78, 5) is 18.1. The lowest BCUT2D eigenvalue weighted by molar-refractivity contribution is -0.114. The molecule has 7 heteroatoms. The van der Waals surface area contributed by atoms with Crippen molar-refractivity contribution in [2.24, 2.45) is 0 Å². The molecule has 0 bridgehead atoms. The molecule has 1 fully saturated rings. The minimum absolute atomic E-state index is 0.0838. The molecular formula is C15H20N4O2S. The summed E-state index contributed by atoms with van der Waals surface area (Å²) in [5.74, 6) is 0.754. The van der Waals surface area contributed by atoms with E-state index >= 15 is 0 Å². The number of hydrogen-bond donors (Lipinski definition) is 1. The fraction of sp³-hybridized carbons (Fsp3) is 0.533. The van der Waals surface area contributed by atoms with Gasteiger partial charge in [0.25, 0.3) is 0 Å². The molecule has 0 aromatic carbocycles. The Morgan fingerprint density at radius 1 is 1.55 bits per heavy atom. The number of aromatic nitrogens is 2. The number of carbonyl (C=O) groups excluding carboxylic acids is 1. The highest BCUT2D eigenvalue weighted by atomic mass is 32.1. The SMILES string of the molecule is CC(=O)Nc1nc([C@H]2CCCCN2Cc2cc(C)on2)cs1. The number of likely N-dealkylation sites (tertiary alicyclic amines) is 1. The van der Waals surface area contributed by atoms with E-state index in [1.807, 2.05) is 18.4 Å². The normalized spacial score (nSPS) is 19.3. The van der Waals surface area contributed by atoms with E-state index < -0.39 is 0 Å². The van der Waals surface area contributed by atoms with E-state index in [4.69, 9.17) is 4.52 Å². The van der Waals surface area contributed by atoms with Gasteiger partial charge in [0.05, 0.1) is 17.4 Å². The summed E-state index contributed by atoms with van der Waals surface area (Å²) in [5.41, 5.74) is 2.00. The number of carbonyl (C=O) groups is 1. The van der Waals surface area contributed by atoms with E-state index in [2.05, 4.69) is 20.4 Å². The Balaban J connectivity index is 1.74. The van der Waals surface area contributed by atoms with Gasteiger partial charge in [0.15, 0.2) is 5.13 Å². The van der Waals surface area contributed by atoms with Crippen LogP contribution in [-0.2, 0) is 11.3 Å². The zero-order valence-corrected chi connectivity index (χ0v) is 13.7. The fourth-order valence-electron chi connectivity index (χ4n) is 2.86. The lowest BCUT2D eigenvalue weighted by Crippen LogP contribution is -2.33. The molecule has 0 radical (unpaired) electrons. The average molecular weight is 320 g/mol. The Hall–Kier alpha value is -1.73. The smallest absolute Gasteiger partial charge is 0.223 e. The molecule has 118 valence electrons. The van der Waals surface area contributed by atoms with Gasteiger partial charge in [-0.15, -0.1) is 11.3 Å². The first-order valence-corrected chi connectivity index (χ1v) is 8.39. The van der Waals surface area contributed by atoms with Crippen LogP contribution < -0.4 is 5.32 Å². The summed E-state index contributed by atoms with van der Waals surface area (Å²) in [6.07, 6.45) is 3.47. The number of piperidine rings is 1. The van der Waals surface area contributed by atoms with E-state index in [-0.39, 0.29) is 11.9 Å². The van der Waals surface area contributed by atoms with Crippen LogP contribution in [0.1, 0.15) is 49.4 Å². The lowest BCUT2D eigenvalue weighted by atomic mass is 10.00. The van der Waals surface area contributed by atoms with E-state index in [1.54, 1.807) is 0 Å². The van der Waals surface area contributed by atoms with Crippen LogP contribution in [0.5, 0.6) is 0 Å². The van der Waals surface area contributed by atoms with Crippen molar-refractivity contribution in [3.8, 4) is 0 Å². The molecule has 0 spiro atoms. The van der Waals surface area contributed by atoms with Crippen molar-refractivity contribution in [1.29, 1.82) is 0 Å². The summed E-state index contributed by atoms with van der Waals surface area (Å²) < 4.78 is 5.16. The largest absolute Gasteiger partial charge is 0.361 e. The standard InChI is InChI=1S/C15H20N4O2S/c1-10-7-12(18-21-10)8-19-6-4-3-5-14(19)13-9-22-15(17-13)16-11(2)20/h7,9,14H,3-6,8H2,1-2H3,(H,16,17,20)/t14-/m1/s1. The Labute approximate surface area is 133 Å². The van der Waals surface area contributed by atoms with Gasteiger partial charge < -0.3 is 9.84 Å². The van der Waals surface area contributed by atoms with E-state index in [0.29, 0.717) is 5.13 Å². The van der Waals surface area contributed by atoms with Crippen LogP contribution in [0.25, 0.3) is 0 Å². The maximum atomic E-state index is 11.1. The summed E-state index contributed by atoms with van der Waals surface area (Å²) in [6, 6.07) is 2.26. The molecule has 0 unspecified atom stereocenters. The minimum Gasteiger partial charge on any atom is -0.361 e. The van der Waals surface area contributed by atoms with Crippen LogP contribution >= 0.6 is 11.3 Å². The predicted molar refractivity (Wildman–Crippen MR) is 84.7 cm³/mol. The van der Waals surface area contributed by atoms with Crippen LogP contribution in [0, 0.1) is 6.92 Å². The lowest BCUT2D eigenvalue weighted by Gasteiger charge is -2.34. The molecular weight excluding hydrogens is 300 g/mol. The van der Waals surface area contributed by atoms with E-state index in [9.17, 15) is 4.79 Å². The number of rotatable bonds is 4. The zero-order chi connectivity index (χ0) is 15.5. The van der Waals surface area contributed by atoms with Gasteiger partial charge >= 0.3 is 0 Å². The van der Waals surface area contributed by atoms with Crippen molar-refractivity contribution in [3.05, 3.63) is 28.6 Å². The molecule has 6 nitrogen and oxygen atoms in total. The maximum Gasteiger partial charge on any atom is 0.223 e. The zero-order valence-electron chi connectivity index (χ0n) is 12.8. The van der Waals surface area contributed by atoms with Gasteiger partial charge in [-0.3, -0.25) is 9.69 Å². The number of aryl methyl sites for hydroxylation is 1. The minimum atomic E-state index is -0.0838. The quantitative estimate of drug-likeness (QED) is 0.937. The van der Waals surface area contributed by atoms with Crippen molar-refractivity contribution < 1.29 is 9.32 Å². The van der Waals surface area contributed by atoms with Gasteiger partial charge in [-0.05, 0) is 26.3 Å². The summed E-state index contributed by atoms with van der Waals surface area (Å²) in [6.45, 7) is 5.21. The molecule has 1 N–H and O–H groups in total. The van der Waals surface area contributed by atoms with Crippen molar-refractivity contribution in [2.75, 3.05) is 11.9 Å². The van der Waals surface area contributed by atoms with Crippen LogP contribution in [0.3, 0.4) is 0 Å². The van der Waals surface area contributed by atoms with Crippen molar-refractivity contribution >= 4 is 22.4 Å². The second kappa shape index (κ2) is 6.58. The van der Waals surface area contributed by atoms with Crippen LogP contribution in [0.15, 0.2) is 16.0 Å². The highest BCUT2D eigenvalue weighted by Crippen LogP contribution is 2.33. The average Bonchev–Trinajstić information content (AvgIpc) is 3.08. The number of nitrogens with one attached hydrogen (secondary N) is 1. The third-order valence-electron chi connectivity index (χ3n) is 3.80. The van der Waals surface area contributed by atoms with Gasteiger partial charge in [-0.1, -0.05) is 11.6 Å². The summed E-state index contributed by atoms with van der Waals surface area (Å²) in [7, 11) is 0. The van der Waals surface area contributed by atoms with Crippen molar-refractivity contribution in [2.45, 2.75) is 45.7 Å². The Morgan fingerprint density at radius 2 is 2.41 bits per heavy atom. The first kappa shape index (κ1) is 15.2. The molecule has 0 aliphatic carbocycles. The Bertz CT molecular complexity index is 652. The third-order valence-corrected chi connectivity index (χ3v) is 4.58. The highest BCUT2D eigenvalue weighted by molar-refractivity contribution is 7.13. The molecule has 1 atom stereocenters. The number of hydrogen-bond acceptors (Lipinski definition) is 6. The van der Waals surface area contributed by atoms with Crippen molar-refractivity contribution in [3.63, 3.8) is 0 Å². The van der Waals surface area contributed by atoms with Crippen molar-refractivity contribution in [1.82, 2.24) is 15.0 Å². The predicted octanol–water partition coefficient (Wildman–Crippen LogP) is 3.13.